The molecule has 0 bridgehead atoms. The van der Waals surface area contributed by atoms with Gasteiger partial charge in [-0.2, -0.15) is 0 Å². The van der Waals surface area contributed by atoms with Crippen molar-refractivity contribution in [1.82, 2.24) is 25.1 Å². The third kappa shape index (κ3) is 4.64. The molecule has 1 fully saturated rings. The highest BCUT2D eigenvalue weighted by molar-refractivity contribution is 5.91. The highest BCUT2D eigenvalue weighted by Gasteiger charge is 2.25. The van der Waals surface area contributed by atoms with Crippen molar-refractivity contribution in [2.24, 2.45) is 4.99 Å². The van der Waals surface area contributed by atoms with Crippen LogP contribution in [0.4, 0.5) is 0 Å². The van der Waals surface area contributed by atoms with E-state index in [1.807, 2.05) is 29.2 Å². The maximum atomic E-state index is 12.4. The van der Waals surface area contributed by atoms with E-state index < -0.39 is 0 Å². The van der Waals surface area contributed by atoms with Gasteiger partial charge in [-0.1, -0.05) is 12.1 Å². The molecule has 1 aromatic carbocycles. The second-order valence-electron chi connectivity index (χ2n) is 7.30. The molecule has 3 heterocycles. The molecule has 30 heavy (non-hydrogen) atoms. The molecule has 4 rings (SSSR count). The minimum absolute atomic E-state index is 0.0487. The van der Waals surface area contributed by atoms with Gasteiger partial charge in [0, 0.05) is 45.7 Å². The van der Waals surface area contributed by atoms with Gasteiger partial charge in [-0.05, 0) is 37.6 Å². The lowest BCUT2D eigenvalue weighted by Gasteiger charge is -2.36. The topological polar surface area (TPSA) is 89.8 Å². The fourth-order valence-electron chi connectivity index (χ4n) is 3.66. The van der Waals surface area contributed by atoms with E-state index in [-0.39, 0.29) is 5.91 Å². The quantitative estimate of drug-likeness (QED) is 0.372. The molecule has 2 N–H and O–H groups in total. The van der Waals surface area contributed by atoms with Crippen LogP contribution in [0.25, 0.3) is 11.0 Å². The fraction of sp³-hybridized carbons (Fsp3) is 0.409. The molecule has 0 spiro atoms. The van der Waals surface area contributed by atoms with Crippen LogP contribution in [0.1, 0.15) is 29.7 Å². The Hall–Kier alpha value is -3.29. The molecular weight excluding hydrogens is 380 g/mol. The first-order chi connectivity index (χ1) is 14.7. The van der Waals surface area contributed by atoms with Crippen molar-refractivity contribution in [2.75, 3.05) is 39.3 Å². The van der Waals surface area contributed by atoms with Gasteiger partial charge in [-0.3, -0.25) is 9.79 Å². The monoisotopic (exact) mass is 408 g/mol. The number of aromatic nitrogens is 2. The van der Waals surface area contributed by atoms with Crippen LogP contribution >= 0.6 is 0 Å². The third-order valence-corrected chi connectivity index (χ3v) is 5.20. The average Bonchev–Trinajstić information content (AvgIpc) is 3.45. The highest BCUT2D eigenvalue weighted by Crippen LogP contribution is 2.12. The first-order valence-corrected chi connectivity index (χ1v) is 10.5. The van der Waals surface area contributed by atoms with Crippen molar-refractivity contribution in [1.29, 1.82) is 0 Å². The number of aliphatic imine (C=N–C) groups is 1. The fourth-order valence-corrected chi connectivity index (χ4v) is 3.66. The maximum Gasteiger partial charge on any atom is 0.289 e. The molecule has 0 unspecified atom stereocenters. The number of guanidine groups is 1. The van der Waals surface area contributed by atoms with Gasteiger partial charge < -0.3 is 24.5 Å². The number of furan rings is 1. The number of para-hydroxylation sites is 2. The summed E-state index contributed by atoms with van der Waals surface area (Å²) in [5, 5.41) is 3.37. The van der Waals surface area contributed by atoms with E-state index in [9.17, 15) is 4.79 Å². The number of hydrogen-bond donors (Lipinski definition) is 2. The molecule has 1 saturated heterocycles. The molecule has 1 amide bonds. The Kier molecular flexibility index (Phi) is 6.32. The number of aryl methyl sites for hydroxylation is 1. The van der Waals surface area contributed by atoms with Crippen LogP contribution in [0.5, 0.6) is 0 Å². The van der Waals surface area contributed by atoms with Crippen molar-refractivity contribution in [3.05, 3.63) is 54.2 Å². The second kappa shape index (κ2) is 9.47. The van der Waals surface area contributed by atoms with Crippen molar-refractivity contribution in [3.8, 4) is 0 Å². The molecule has 0 radical (unpaired) electrons. The van der Waals surface area contributed by atoms with E-state index in [0.29, 0.717) is 18.8 Å². The summed E-state index contributed by atoms with van der Waals surface area (Å²) in [5.41, 5.74) is 2.08. The largest absolute Gasteiger partial charge is 0.459 e. The molecule has 1 aliphatic heterocycles. The van der Waals surface area contributed by atoms with E-state index in [2.05, 4.69) is 27.1 Å². The Morgan fingerprint density at radius 2 is 1.97 bits per heavy atom. The maximum absolute atomic E-state index is 12.4. The number of imidazole rings is 1. The van der Waals surface area contributed by atoms with Crippen LogP contribution in [-0.4, -0.2) is 70.9 Å². The van der Waals surface area contributed by atoms with Crippen LogP contribution in [0.15, 0.2) is 52.1 Å². The lowest BCUT2D eigenvalue weighted by molar-refractivity contribution is 0.0657. The lowest BCUT2D eigenvalue weighted by Crippen LogP contribution is -2.53. The van der Waals surface area contributed by atoms with E-state index in [1.165, 1.54) is 6.26 Å². The highest BCUT2D eigenvalue weighted by atomic mass is 16.3. The van der Waals surface area contributed by atoms with Crippen LogP contribution < -0.4 is 5.32 Å². The number of carbonyl (C=O) groups excluding carboxylic acids is 1. The van der Waals surface area contributed by atoms with Gasteiger partial charge in [0.1, 0.15) is 5.82 Å². The number of fused-ring (bicyclic) bond motifs is 1. The molecule has 0 aliphatic carbocycles. The number of nitrogens with one attached hydrogen (secondary N) is 2. The average molecular weight is 409 g/mol. The predicted molar refractivity (Wildman–Crippen MR) is 117 cm³/mol. The summed E-state index contributed by atoms with van der Waals surface area (Å²) in [6.45, 7) is 6.43. The van der Waals surface area contributed by atoms with Crippen molar-refractivity contribution >= 4 is 22.9 Å². The number of nitrogens with zero attached hydrogens (tertiary/aromatic N) is 4. The van der Waals surface area contributed by atoms with Gasteiger partial charge in [-0.15, -0.1) is 0 Å². The summed E-state index contributed by atoms with van der Waals surface area (Å²) in [5.74, 6) is 2.26. The Morgan fingerprint density at radius 1 is 1.17 bits per heavy atom. The summed E-state index contributed by atoms with van der Waals surface area (Å²) in [6, 6.07) is 11.5. The Balaban J connectivity index is 1.28. The number of carbonyl (C=O) groups is 1. The summed E-state index contributed by atoms with van der Waals surface area (Å²) in [7, 11) is 0. The molecular formula is C22H28N6O2. The molecule has 3 aromatic rings. The predicted octanol–water partition coefficient (Wildman–Crippen LogP) is 2.51. The molecule has 8 heteroatoms. The molecule has 2 aromatic heterocycles. The third-order valence-electron chi connectivity index (χ3n) is 5.20. The van der Waals surface area contributed by atoms with Gasteiger partial charge in [0.25, 0.3) is 5.91 Å². The number of aromatic amines is 1. The minimum atomic E-state index is -0.0487. The molecule has 1 aliphatic rings. The van der Waals surface area contributed by atoms with Gasteiger partial charge in [0.15, 0.2) is 11.7 Å². The van der Waals surface area contributed by atoms with E-state index >= 15 is 0 Å². The van der Waals surface area contributed by atoms with Crippen LogP contribution in [-0.2, 0) is 6.42 Å². The van der Waals surface area contributed by atoms with Crippen LogP contribution in [0.3, 0.4) is 0 Å². The number of hydrogen-bond acceptors (Lipinski definition) is 4. The Bertz CT molecular complexity index is 953. The number of H-pyrrole nitrogens is 1. The van der Waals surface area contributed by atoms with Gasteiger partial charge in [0.2, 0.25) is 0 Å². The summed E-state index contributed by atoms with van der Waals surface area (Å²) in [6.07, 6.45) is 3.32. The van der Waals surface area contributed by atoms with E-state index in [0.717, 1.165) is 61.8 Å². The zero-order valence-electron chi connectivity index (χ0n) is 17.3. The summed E-state index contributed by atoms with van der Waals surface area (Å²) in [4.78, 5) is 29.3. The Labute approximate surface area is 176 Å². The van der Waals surface area contributed by atoms with Crippen molar-refractivity contribution < 1.29 is 9.21 Å². The first-order valence-electron chi connectivity index (χ1n) is 10.5. The standard InChI is InChI=1S/C22H28N6O2/c1-2-23-22(24-11-5-10-20-25-17-7-3-4-8-18(17)26-20)28-14-12-27(13-15-28)21(29)19-9-6-16-30-19/h3-4,6-9,16H,2,5,10-15H2,1H3,(H,23,24)(H,25,26). The number of benzene rings is 1. The van der Waals surface area contributed by atoms with Gasteiger partial charge in [0.05, 0.1) is 17.3 Å². The first kappa shape index (κ1) is 20.0. The second-order valence-corrected chi connectivity index (χ2v) is 7.30. The normalized spacial score (nSPS) is 15.0. The smallest absolute Gasteiger partial charge is 0.289 e. The van der Waals surface area contributed by atoms with Crippen molar-refractivity contribution in [2.45, 2.75) is 19.8 Å². The van der Waals surface area contributed by atoms with E-state index in [1.54, 1.807) is 12.1 Å². The zero-order chi connectivity index (χ0) is 20.8. The Morgan fingerprint density at radius 3 is 2.70 bits per heavy atom. The van der Waals surface area contributed by atoms with E-state index in [4.69, 9.17) is 9.41 Å². The van der Waals surface area contributed by atoms with Gasteiger partial charge >= 0.3 is 0 Å². The number of piperazine rings is 1. The van der Waals surface area contributed by atoms with Crippen LogP contribution in [0.2, 0.25) is 0 Å². The molecule has 158 valence electrons. The molecule has 0 atom stereocenters. The molecule has 0 saturated carbocycles. The lowest BCUT2D eigenvalue weighted by atomic mass is 10.3. The summed E-state index contributed by atoms with van der Waals surface area (Å²) >= 11 is 0. The van der Waals surface area contributed by atoms with Crippen LogP contribution in [0, 0.1) is 0 Å². The summed E-state index contributed by atoms with van der Waals surface area (Å²) < 4.78 is 5.23. The number of amides is 1. The minimum Gasteiger partial charge on any atom is -0.459 e. The van der Waals surface area contributed by atoms with Gasteiger partial charge in [-0.25, -0.2) is 4.98 Å². The number of rotatable bonds is 6. The SMILES string of the molecule is CCNC(=NCCCc1nc2ccccc2[nH]1)N1CCN(C(=O)c2ccco2)CC1. The zero-order valence-corrected chi connectivity index (χ0v) is 17.3. The van der Waals surface area contributed by atoms with Crippen molar-refractivity contribution in [3.63, 3.8) is 0 Å². The molecule has 8 nitrogen and oxygen atoms in total.